The Morgan fingerprint density at radius 3 is 2.76 bits per heavy atom. The maximum absolute atomic E-state index is 9.32. The largest absolute Gasteiger partial charge is 0.396 e. The summed E-state index contributed by atoms with van der Waals surface area (Å²) in [5.41, 5.74) is 1.26. The van der Waals surface area contributed by atoms with Crippen molar-refractivity contribution in [2.24, 2.45) is 5.41 Å². The van der Waals surface area contributed by atoms with Crippen molar-refractivity contribution in [2.45, 2.75) is 20.3 Å². The predicted octanol–water partition coefficient (Wildman–Crippen LogP) is 3.14. The highest BCUT2D eigenvalue weighted by Gasteiger charge is 2.20. The molecular formula is C13H17BrN2O. The average Bonchev–Trinajstić information content (AvgIpc) is 2.36. The van der Waals surface area contributed by atoms with Crippen LogP contribution in [0.5, 0.6) is 0 Å². The summed E-state index contributed by atoms with van der Waals surface area (Å²) in [4.78, 5) is 0. The minimum atomic E-state index is -0.153. The molecule has 3 nitrogen and oxygen atoms in total. The van der Waals surface area contributed by atoms with E-state index in [2.05, 4.69) is 27.3 Å². The van der Waals surface area contributed by atoms with Gasteiger partial charge in [0.1, 0.15) is 6.07 Å². The molecule has 1 rings (SSSR count). The summed E-state index contributed by atoms with van der Waals surface area (Å²) in [5.74, 6) is 0. The molecule has 0 aliphatic carbocycles. The average molecular weight is 297 g/mol. The first-order valence-corrected chi connectivity index (χ1v) is 6.38. The summed E-state index contributed by atoms with van der Waals surface area (Å²) >= 11 is 3.34. The van der Waals surface area contributed by atoms with Gasteiger partial charge in [-0.2, -0.15) is 5.26 Å². The molecule has 0 heterocycles. The van der Waals surface area contributed by atoms with E-state index >= 15 is 0 Å². The maximum atomic E-state index is 9.32. The second-order valence-corrected chi connectivity index (χ2v) is 5.39. The lowest BCUT2D eigenvalue weighted by Crippen LogP contribution is -2.29. The number of aliphatic hydroxyl groups excluding tert-OH is 1. The molecule has 92 valence electrons. The molecule has 1 aromatic rings. The van der Waals surface area contributed by atoms with Gasteiger partial charge >= 0.3 is 0 Å². The van der Waals surface area contributed by atoms with Crippen molar-refractivity contribution in [1.29, 1.82) is 5.26 Å². The summed E-state index contributed by atoms with van der Waals surface area (Å²) in [5, 5.41) is 21.6. The third-order valence-corrected chi connectivity index (χ3v) is 3.54. The zero-order valence-electron chi connectivity index (χ0n) is 10.1. The molecule has 0 spiro atoms. The van der Waals surface area contributed by atoms with Gasteiger partial charge in [-0.05, 0) is 24.6 Å². The minimum Gasteiger partial charge on any atom is -0.396 e. The lowest BCUT2D eigenvalue weighted by atomic mass is 9.88. The number of nitrogens with one attached hydrogen (secondary N) is 1. The van der Waals surface area contributed by atoms with Crippen molar-refractivity contribution >= 4 is 21.6 Å². The number of nitrogens with zero attached hydrogens (tertiary/aromatic N) is 1. The number of nitriles is 1. The molecule has 17 heavy (non-hydrogen) atoms. The molecule has 0 aromatic heterocycles. The van der Waals surface area contributed by atoms with E-state index in [4.69, 9.17) is 5.26 Å². The van der Waals surface area contributed by atoms with E-state index in [1.54, 1.807) is 6.07 Å². The normalized spacial score (nSPS) is 13.8. The molecule has 0 saturated carbocycles. The van der Waals surface area contributed by atoms with Crippen LogP contribution in [0.3, 0.4) is 0 Å². The number of halogens is 1. The van der Waals surface area contributed by atoms with E-state index in [0.29, 0.717) is 12.1 Å². The van der Waals surface area contributed by atoms with Crippen LogP contribution < -0.4 is 5.32 Å². The molecule has 4 heteroatoms. The third kappa shape index (κ3) is 3.72. The van der Waals surface area contributed by atoms with Crippen LogP contribution in [0.2, 0.25) is 0 Å². The van der Waals surface area contributed by atoms with Gasteiger partial charge in [-0.15, -0.1) is 0 Å². The van der Waals surface area contributed by atoms with Gasteiger partial charge in [-0.3, -0.25) is 0 Å². The van der Waals surface area contributed by atoms with Gasteiger partial charge in [0, 0.05) is 16.4 Å². The van der Waals surface area contributed by atoms with Crippen LogP contribution in [0.15, 0.2) is 22.7 Å². The highest BCUT2D eigenvalue weighted by molar-refractivity contribution is 9.10. The van der Waals surface area contributed by atoms with Crippen molar-refractivity contribution in [1.82, 2.24) is 0 Å². The van der Waals surface area contributed by atoms with Crippen LogP contribution in [-0.2, 0) is 0 Å². The fourth-order valence-electron chi connectivity index (χ4n) is 1.36. The number of rotatable bonds is 5. The Morgan fingerprint density at radius 2 is 2.24 bits per heavy atom. The molecule has 1 unspecified atom stereocenters. The molecule has 0 aliphatic heterocycles. The number of aliphatic hydroxyl groups is 1. The Balaban J connectivity index is 2.80. The van der Waals surface area contributed by atoms with Crippen LogP contribution in [0.25, 0.3) is 0 Å². The second kappa shape index (κ2) is 6.04. The fraction of sp³-hybridized carbons (Fsp3) is 0.462. The first kappa shape index (κ1) is 14.0. The monoisotopic (exact) mass is 296 g/mol. The Morgan fingerprint density at radius 1 is 1.53 bits per heavy atom. The summed E-state index contributed by atoms with van der Waals surface area (Å²) in [6.07, 6.45) is 0.884. The molecule has 0 aliphatic rings. The topological polar surface area (TPSA) is 56.0 Å². The van der Waals surface area contributed by atoms with Crippen molar-refractivity contribution in [3.05, 3.63) is 28.2 Å². The Hall–Kier alpha value is -1.05. The van der Waals surface area contributed by atoms with Crippen LogP contribution in [0.1, 0.15) is 25.8 Å². The molecule has 0 radical (unpaired) electrons. The van der Waals surface area contributed by atoms with Crippen LogP contribution in [0.4, 0.5) is 5.69 Å². The highest BCUT2D eigenvalue weighted by atomic mass is 79.9. The van der Waals surface area contributed by atoms with E-state index in [1.807, 2.05) is 26.0 Å². The number of anilines is 1. The Labute approximate surface area is 111 Å². The van der Waals surface area contributed by atoms with E-state index < -0.39 is 0 Å². The van der Waals surface area contributed by atoms with Crippen molar-refractivity contribution in [3.8, 4) is 6.07 Å². The number of hydrogen-bond donors (Lipinski definition) is 2. The summed E-state index contributed by atoms with van der Waals surface area (Å²) in [7, 11) is 0. The summed E-state index contributed by atoms with van der Waals surface area (Å²) in [6, 6.07) is 7.70. The van der Waals surface area contributed by atoms with Gasteiger partial charge in [0.2, 0.25) is 0 Å². The Kier molecular flexibility index (Phi) is 4.98. The maximum Gasteiger partial charge on any atom is 0.101 e. The molecule has 0 bridgehead atoms. The van der Waals surface area contributed by atoms with Crippen LogP contribution in [-0.4, -0.2) is 18.3 Å². The Bertz CT molecular complexity index is 422. The molecule has 0 saturated heterocycles. The van der Waals surface area contributed by atoms with Crippen LogP contribution in [0, 0.1) is 16.7 Å². The minimum absolute atomic E-state index is 0.134. The highest BCUT2D eigenvalue weighted by Crippen LogP contribution is 2.24. The second-order valence-electron chi connectivity index (χ2n) is 4.48. The van der Waals surface area contributed by atoms with Crippen molar-refractivity contribution in [3.63, 3.8) is 0 Å². The smallest absolute Gasteiger partial charge is 0.101 e. The van der Waals surface area contributed by atoms with Gasteiger partial charge in [0.25, 0.3) is 0 Å². The van der Waals surface area contributed by atoms with Gasteiger partial charge < -0.3 is 10.4 Å². The quantitative estimate of drug-likeness (QED) is 0.878. The predicted molar refractivity (Wildman–Crippen MR) is 72.8 cm³/mol. The summed E-state index contributed by atoms with van der Waals surface area (Å²) in [6.45, 7) is 4.85. The van der Waals surface area contributed by atoms with E-state index in [0.717, 1.165) is 16.6 Å². The van der Waals surface area contributed by atoms with E-state index in [9.17, 15) is 5.11 Å². The molecule has 0 fully saturated rings. The van der Waals surface area contributed by atoms with Crippen molar-refractivity contribution in [2.75, 3.05) is 18.5 Å². The zero-order chi connectivity index (χ0) is 12.9. The lowest BCUT2D eigenvalue weighted by Gasteiger charge is -2.26. The van der Waals surface area contributed by atoms with Gasteiger partial charge in [0.15, 0.2) is 0 Å². The van der Waals surface area contributed by atoms with Gasteiger partial charge in [-0.1, -0.05) is 29.8 Å². The number of benzene rings is 1. The van der Waals surface area contributed by atoms with E-state index in [-0.39, 0.29) is 12.0 Å². The van der Waals surface area contributed by atoms with Gasteiger partial charge in [-0.25, -0.2) is 0 Å². The SMILES string of the molecule is CCC(C)(CO)CNc1ccc(Br)cc1C#N. The molecule has 1 aromatic carbocycles. The lowest BCUT2D eigenvalue weighted by molar-refractivity contribution is 0.149. The molecule has 0 amide bonds. The fourth-order valence-corrected chi connectivity index (χ4v) is 1.73. The van der Waals surface area contributed by atoms with Gasteiger partial charge in [0.05, 0.1) is 17.9 Å². The molecular weight excluding hydrogens is 280 g/mol. The molecule has 2 N–H and O–H groups in total. The van der Waals surface area contributed by atoms with Crippen LogP contribution >= 0.6 is 15.9 Å². The van der Waals surface area contributed by atoms with E-state index in [1.165, 1.54) is 0 Å². The summed E-state index contributed by atoms with van der Waals surface area (Å²) < 4.78 is 0.889. The first-order valence-electron chi connectivity index (χ1n) is 5.59. The standard InChI is InChI=1S/C13H17BrN2O/c1-3-13(2,9-17)8-16-12-5-4-11(14)6-10(12)7-15/h4-6,16-17H,3,8-9H2,1-2H3. The zero-order valence-corrected chi connectivity index (χ0v) is 11.7. The number of hydrogen-bond acceptors (Lipinski definition) is 3. The first-order chi connectivity index (χ1) is 8.04. The third-order valence-electron chi connectivity index (χ3n) is 3.04. The molecule has 1 atom stereocenters. The van der Waals surface area contributed by atoms with Crippen molar-refractivity contribution < 1.29 is 5.11 Å².